The molecule has 1 aromatic carbocycles. The van der Waals surface area contributed by atoms with Crippen molar-refractivity contribution in [3.63, 3.8) is 0 Å². The van der Waals surface area contributed by atoms with Crippen LogP contribution >= 0.6 is 0 Å². The SMILES string of the molecule is CC(=O)N[C@@H](CCCCN)C(=O)N1CCC[C@H]1C(=O)N(C)[C@@H](CCCN=C(N)N)C(=O)C[C@@H](CCCN=C(N)N)C(=O)N1CCC[C@H]1C(=O)C[C@@H](Cc1ccc(O)cc1)C(=O)N[C@H](C(=O)C[C@@H](CC(C)C)C(=O)O)C(C)(C)C. The Morgan fingerprint density at radius 3 is 1.83 bits per heavy atom. The highest BCUT2D eigenvalue weighted by molar-refractivity contribution is 5.98. The van der Waals surface area contributed by atoms with Crippen LogP contribution in [0, 0.1) is 29.1 Å². The molecule has 0 unspecified atom stereocenters. The molecule has 5 amide bonds. The van der Waals surface area contributed by atoms with E-state index in [1.165, 1.54) is 40.8 Å². The lowest BCUT2D eigenvalue weighted by Crippen LogP contribution is -2.55. The van der Waals surface area contributed by atoms with Crippen LogP contribution in [0.25, 0.3) is 0 Å². The van der Waals surface area contributed by atoms with Crippen LogP contribution in [0.15, 0.2) is 34.3 Å². The molecule has 0 aromatic heterocycles. The minimum absolute atomic E-state index is 0.00518. The zero-order valence-corrected chi connectivity index (χ0v) is 47.0. The molecule has 436 valence electrons. The number of nitrogens with zero attached hydrogens (tertiary/aromatic N) is 5. The number of likely N-dealkylation sites (N-methyl/N-ethyl adjacent to an activating group) is 1. The van der Waals surface area contributed by atoms with Gasteiger partial charge in [-0.2, -0.15) is 0 Å². The average molecular weight is 1100 g/mol. The molecule has 23 heteroatoms. The Kier molecular flexibility index (Phi) is 26.7. The molecule has 2 fully saturated rings. The molecule has 2 heterocycles. The number of hydrogen-bond donors (Lipinski definition) is 9. The fourth-order valence-corrected chi connectivity index (χ4v) is 10.6. The number of nitrogens with one attached hydrogen (secondary N) is 2. The maximum Gasteiger partial charge on any atom is 0.306 e. The molecule has 1 aromatic rings. The van der Waals surface area contributed by atoms with E-state index in [2.05, 4.69) is 20.6 Å². The van der Waals surface area contributed by atoms with E-state index in [0.717, 1.165) is 0 Å². The lowest BCUT2D eigenvalue weighted by molar-refractivity contribution is -0.148. The number of carboxylic acid groups (broad SMARTS) is 1. The highest BCUT2D eigenvalue weighted by Crippen LogP contribution is 2.31. The quantitative estimate of drug-likeness (QED) is 0.0276. The predicted octanol–water partition coefficient (Wildman–Crippen LogP) is 1.87. The lowest BCUT2D eigenvalue weighted by atomic mass is 9.80. The van der Waals surface area contributed by atoms with Gasteiger partial charge in [-0.15, -0.1) is 0 Å². The van der Waals surface area contributed by atoms with Crippen molar-refractivity contribution in [2.45, 2.75) is 174 Å². The van der Waals surface area contributed by atoms with Gasteiger partial charge in [0.1, 0.15) is 17.8 Å². The minimum Gasteiger partial charge on any atom is -0.508 e. The largest absolute Gasteiger partial charge is 0.508 e. The van der Waals surface area contributed by atoms with Crippen molar-refractivity contribution in [3.8, 4) is 5.75 Å². The number of carbonyl (C=O) groups is 9. The number of rotatable bonds is 33. The summed E-state index contributed by atoms with van der Waals surface area (Å²) < 4.78 is 0. The molecule has 78 heavy (non-hydrogen) atoms. The number of unbranched alkanes of at least 4 members (excludes halogenated alkanes) is 1. The molecule has 8 atom stereocenters. The number of phenolic OH excluding ortho intramolecular Hbond substituents is 1. The van der Waals surface area contributed by atoms with Crippen molar-refractivity contribution in [3.05, 3.63) is 29.8 Å². The molecular weight excluding hydrogens is 1000 g/mol. The Labute approximate surface area is 459 Å². The van der Waals surface area contributed by atoms with E-state index >= 15 is 0 Å². The first kappa shape index (κ1) is 65.6. The van der Waals surface area contributed by atoms with Crippen LogP contribution in [0.3, 0.4) is 0 Å². The number of benzene rings is 1. The molecule has 0 spiro atoms. The van der Waals surface area contributed by atoms with Crippen LogP contribution in [-0.4, -0.2) is 160 Å². The number of carbonyl (C=O) groups excluding carboxylic acids is 8. The fraction of sp³-hybridized carbons (Fsp3) is 0.691. The summed E-state index contributed by atoms with van der Waals surface area (Å²) in [7, 11) is 1.48. The van der Waals surface area contributed by atoms with E-state index in [4.69, 9.17) is 28.7 Å². The van der Waals surface area contributed by atoms with Gasteiger partial charge < -0.3 is 64.2 Å². The fourth-order valence-electron chi connectivity index (χ4n) is 10.6. The van der Waals surface area contributed by atoms with Crippen molar-refractivity contribution in [2.75, 3.05) is 39.8 Å². The second kappa shape index (κ2) is 31.7. The zero-order chi connectivity index (χ0) is 58.4. The second-order valence-corrected chi connectivity index (χ2v) is 22.5. The Hall–Kier alpha value is -6.65. The molecule has 2 aliphatic rings. The Morgan fingerprint density at radius 2 is 1.29 bits per heavy atom. The summed E-state index contributed by atoms with van der Waals surface area (Å²) in [6, 6.07) is 1.11. The Balaban J connectivity index is 1.99. The normalized spacial score (nSPS) is 17.7. The number of hydrogen-bond acceptors (Lipinski definition) is 13. The standard InChI is InChI=1S/C55H90N12O11/c1-33(2)28-38(52(77)78)32-46(72)47(55(4,5)6)64-48(73)37(29-35-19-21-39(69)22-20-35)31-45(71)42-17-12-26-66(42)49(74)36(14-10-24-61-53(57)58)30-44(70)41(16-11-25-62-54(59)60)65(7)51(76)43-18-13-27-67(43)50(75)40(63-34(3)68)15-8-9-23-56/h19-22,33,36-38,40-43,47,69H,8-18,23-32,56H2,1-7H3,(H,63,68)(H,64,73)(H,77,78)(H4,57,58,61)(H4,59,60,62)/t36-,37-,38-,40+,41+,42+,43+,47-/m1/s1. The van der Waals surface area contributed by atoms with Crippen LogP contribution in [0.4, 0.5) is 0 Å². The molecule has 23 nitrogen and oxygen atoms in total. The van der Waals surface area contributed by atoms with Gasteiger partial charge in [-0.1, -0.05) is 46.8 Å². The van der Waals surface area contributed by atoms with Crippen molar-refractivity contribution in [1.29, 1.82) is 0 Å². The van der Waals surface area contributed by atoms with Gasteiger partial charge in [-0.3, -0.25) is 53.1 Å². The highest BCUT2D eigenvalue weighted by Gasteiger charge is 2.44. The van der Waals surface area contributed by atoms with Crippen LogP contribution < -0.4 is 39.3 Å². The topological polar surface area (TPSA) is 383 Å². The number of aliphatic imine (C=N–C) groups is 2. The van der Waals surface area contributed by atoms with E-state index < -0.39 is 106 Å². The summed E-state index contributed by atoms with van der Waals surface area (Å²) in [4.78, 5) is 138. The number of guanidine groups is 2. The summed E-state index contributed by atoms with van der Waals surface area (Å²) in [6.45, 7) is 11.4. The van der Waals surface area contributed by atoms with Crippen molar-refractivity contribution in [1.82, 2.24) is 25.3 Å². The maximum atomic E-state index is 15.0. The number of aliphatic carboxylic acids is 1. The van der Waals surface area contributed by atoms with E-state index in [9.17, 15) is 53.4 Å². The third-order valence-corrected chi connectivity index (χ3v) is 14.5. The molecule has 0 bridgehead atoms. The van der Waals surface area contributed by atoms with E-state index in [0.29, 0.717) is 50.6 Å². The van der Waals surface area contributed by atoms with Crippen LogP contribution in [0.1, 0.15) is 143 Å². The molecule has 2 aliphatic heterocycles. The van der Waals surface area contributed by atoms with Gasteiger partial charge in [0.25, 0.3) is 0 Å². The number of Topliss-reactive ketones (excluding diaryl/α,β-unsaturated/α-hetero) is 3. The maximum absolute atomic E-state index is 15.0. The number of nitrogens with two attached hydrogens (primary N) is 5. The molecule has 14 N–H and O–H groups in total. The van der Waals surface area contributed by atoms with E-state index in [1.54, 1.807) is 32.9 Å². The van der Waals surface area contributed by atoms with Gasteiger partial charge in [0, 0.05) is 71.2 Å². The first-order valence-corrected chi connectivity index (χ1v) is 27.5. The second-order valence-electron chi connectivity index (χ2n) is 22.5. The number of ketones is 3. The zero-order valence-electron chi connectivity index (χ0n) is 47.0. The molecular formula is C55H90N12O11. The monoisotopic (exact) mass is 1090 g/mol. The van der Waals surface area contributed by atoms with Gasteiger partial charge in [0.05, 0.1) is 24.0 Å². The molecule has 0 aliphatic carbocycles. The molecule has 0 saturated carbocycles. The van der Waals surface area contributed by atoms with E-state index in [1.807, 2.05) is 13.8 Å². The van der Waals surface area contributed by atoms with Gasteiger partial charge >= 0.3 is 5.97 Å². The summed E-state index contributed by atoms with van der Waals surface area (Å²) in [6.07, 6.45) is 3.05. The predicted molar refractivity (Wildman–Crippen MR) is 296 cm³/mol. The van der Waals surface area contributed by atoms with Gasteiger partial charge in [0.2, 0.25) is 29.5 Å². The van der Waals surface area contributed by atoms with E-state index in [-0.39, 0.29) is 114 Å². The van der Waals surface area contributed by atoms with Gasteiger partial charge in [-0.05, 0) is 119 Å². The lowest BCUT2D eigenvalue weighted by Gasteiger charge is -2.35. The molecule has 0 radical (unpaired) electrons. The third kappa shape index (κ3) is 21.0. The Bertz CT molecular complexity index is 2280. The first-order chi connectivity index (χ1) is 36.7. The number of aromatic hydroxyl groups is 1. The molecule has 2 saturated heterocycles. The Morgan fingerprint density at radius 1 is 0.731 bits per heavy atom. The summed E-state index contributed by atoms with van der Waals surface area (Å²) in [5.41, 5.74) is 27.9. The van der Waals surface area contributed by atoms with Gasteiger partial charge in [-0.25, -0.2) is 0 Å². The minimum atomic E-state index is -1.12. The van der Waals surface area contributed by atoms with Crippen LogP contribution in [0.2, 0.25) is 0 Å². The third-order valence-electron chi connectivity index (χ3n) is 14.5. The first-order valence-electron chi connectivity index (χ1n) is 27.5. The van der Waals surface area contributed by atoms with Crippen molar-refractivity contribution in [2.24, 2.45) is 67.7 Å². The summed E-state index contributed by atoms with van der Waals surface area (Å²) in [5, 5.41) is 25.6. The number of likely N-dealkylation sites (tertiary alicyclic amines) is 2. The van der Waals surface area contributed by atoms with Crippen LogP contribution in [-0.2, 0) is 49.6 Å². The van der Waals surface area contributed by atoms with Crippen LogP contribution in [0.5, 0.6) is 5.75 Å². The number of amides is 5. The van der Waals surface area contributed by atoms with Crippen molar-refractivity contribution < 1.29 is 53.4 Å². The molecule has 3 rings (SSSR count). The number of phenols is 1. The van der Waals surface area contributed by atoms with Crippen molar-refractivity contribution >= 4 is 64.8 Å². The average Bonchev–Trinajstić information content (AvgIpc) is 4.07. The summed E-state index contributed by atoms with van der Waals surface area (Å²) >= 11 is 0. The highest BCUT2D eigenvalue weighted by atomic mass is 16.4. The number of carboxylic acids is 1. The summed E-state index contributed by atoms with van der Waals surface area (Å²) in [5.74, 6) is -8.28. The smallest absolute Gasteiger partial charge is 0.306 e. The van der Waals surface area contributed by atoms with Gasteiger partial charge in [0.15, 0.2) is 29.3 Å².